The third-order valence-electron chi connectivity index (χ3n) is 3.15. The molecule has 1 N–H and O–H groups in total. The van der Waals surface area contributed by atoms with Crippen molar-refractivity contribution >= 4 is 11.8 Å². The van der Waals surface area contributed by atoms with Crippen molar-refractivity contribution in [1.29, 1.82) is 0 Å². The molecule has 4 heteroatoms. The van der Waals surface area contributed by atoms with Crippen LogP contribution in [-0.2, 0) is 9.59 Å². The first-order valence-corrected chi connectivity index (χ1v) is 6.29. The average Bonchev–Trinajstić information content (AvgIpc) is 2.90. The Morgan fingerprint density at radius 1 is 1.17 bits per heavy atom. The van der Waals surface area contributed by atoms with E-state index in [1.165, 1.54) is 6.92 Å². The van der Waals surface area contributed by atoms with Crippen LogP contribution in [-0.4, -0.2) is 29.8 Å². The van der Waals surface area contributed by atoms with Gasteiger partial charge in [0.05, 0.1) is 0 Å². The molecule has 1 atom stereocenters. The molecule has 1 heterocycles. The Labute approximate surface area is 107 Å². The van der Waals surface area contributed by atoms with Gasteiger partial charge in [-0.3, -0.25) is 9.59 Å². The molecule has 1 fully saturated rings. The highest BCUT2D eigenvalue weighted by atomic mass is 16.2. The van der Waals surface area contributed by atoms with E-state index < -0.39 is 6.04 Å². The molecule has 0 saturated carbocycles. The SMILES string of the molecule is CC(=O)NC(C(=O)N1CCCC1)c1ccccc1. The summed E-state index contributed by atoms with van der Waals surface area (Å²) in [5.74, 6) is -0.190. The maximum atomic E-state index is 12.4. The minimum Gasteiger partial charge on any atom is -0.341 e. The first kappa shape index (κ1) is 12.6. The number of hydrogen-bond donors (Lipinski definition) is 1. The molecule has 1 aliphatic heterocycles. The largest absolute Gasteiger partial charge is 0.341 e. The van der Waals surface area contributed by atoms with Crippen LogP contribution in [0.25, 0.3) is 0 Å². The molecule has 1 unspecified atom stereocenters. The summed E-state index contributed by atoms with van der Waals surface area (Å²) < 4.78 is 0. The maximum Gasteiger partial charge on any atom is 0.249 e. The van der Waals surface area contributed by atoms with Gasteiger partial charge in [0.1, 0.15) is 6.04 Å². The van der Waals surface area contributed by atoms with E-state index in [0.29, 0.717) is 0 Å². The van der Waals surface area contributed by atoms with Gasteiger partial charge in [0.15, 0.2) is 0 Å². The topological polar surface area (TPSA) is 49.4 Å². The minimum atomic E-state index is -0.554. The number of hydrogen-bond acceptors (Lipinski definition) is 2. The highest BCUT2D eigenvalue weighted by molar-refractivity contribution is 5.88. The Morgan fingerprint density at radius 3 is 2.33 bits per heavy atom. The predicted molar refractivity (Wildman–Crippen MR) is 68.8 cm³/mol. The zero-order chi connectivity index (χ0) is 13.0. The van der Waals surface area contributed by atoms with Crippen molar-refractivity contribution in [3.8, 4) is 0 Å². The first-order chi connectivity index (χ1) is 8.68. The number of nitrogens with zero attached hydrogens (tertiary/aromatic N) is 1. The van der Waals surface area contributed by atoms with Crippen molar-refractivity contribution in [2.24, 2.45) is 0 Å². The lowest BCUT2D eigenvalue weighted by atomic mass is 10.1. The number of rotatable bonds is 3. The summed E-state index contributed by atoms with van der Waals surface area (Å²) in [6.45, 7) is 3.02. The number of likely N-dealkylation sites (tertiary alicyclic amines) is 1. The van der Waals surface area contributed by atoms with E-state index in [4.69, 9.17) is 0 Å². The van der Waals surface area contributed by atoms with Crippen molar-refractivity contribution in [2.75, 3.05) is 13.1 Å². The van der Waals surface area contributed by atoms with Gasteiger partial charge in [0, 0.05) is 20.0 Å². The molecule has 96 valence electrons. The maximum absolute atomic E-state index is 12.4. The fourth-order valence-corrected chi connectivity index (χ4v) is 2.26. The molecule has 18 heavy (non-hydrogen) atoms. The van der Waals surface area contributed by atoms with Gasteiger partial charge in [-0.15, -0.1) is 0 Å². The van der Waals surface area contributed by atoms with Crippen LogP contribution in [0.4, 0.5) is 0 Å². The molecule has 2 amide bonds. The molecular weight excluding hydrogens is 228 g/mol. The minimum absolute atomic E-state index is 0.00565. The van der Waals surface area contributed by atoms with Crippen molar-refractivity contribution in [2.45, 2.75) is 25.8 Å². The van der Waals surface area contributed by atoms with Gasteiger partial charge in [-0.1, -0.05) is 30.3 Å². The third-order valence-corrected chi connectivity index (χ3v) is 3.15. The van der Waals surface area contributed by atoms with Gasteiger partial charge in [-0.2, -0.15) is 0 Å². The molecule has 0 bridgehead atoms. The summed E-state index contributed by atoms with van der Waals surface area (Å²) in [5, 5.41) is 2.74. The lowest BCUT2D eigenvalue weighted by molar-refractivity contribution is -0.135. The molecule has 0 aliphatic carbocycles. The second-order valence-electron chi connectivity index (χ2n) is 4.58. The van der Waals surface area contributed by atoms with E-state index >= 15 is 0 Å². The summed E-state index contributed by atoms with van der Waals surface area (Å²) in [5.41, 5.74) is 0.838. The number of carbonyl (C=O) groups is 2. The molecule has 4 nitrogen and oxygen atoms in total. The van der Waals surface area contributed by atoms with Gasteiger partial charge in [0.25, 0.3) is 0 Å². The van der Waals surface area contributed by atoms with Crippen LogP contribution in [0.1, 0.15) is 31.4 Å². The lowest BCUT2D eigenvalue weighted by Crippen LogP contribution is -2.41. The van der Waals surface area contributed by atoms with Crippen molar-refractivity contribution < 1.29 is 9.59 Å². The second kappa shape index (κ2) is 5.67. The molecule has 1 aromatic rings. The highest BCUT2D eigenvalue weighted by Gasteiger charge is 2.28. The number of benzene rings is 1. The third kappa shape index (κ3) is 2.88. The van der Waals surface area contributed by atoms with Crippen LogP contribution in [0, 0.1) is 0 Å². The Bertz CT molecular complexity index is 425. The normalized spacial score (nSPS) is 16.4. The molecule has 0 aromatic heterocycles. The number of carbonyl (C=O) groups excluding carboxylic acids is 2. The number of amides is 2. The van der Waals surface area contributed by atoms with Gasteiger partial charge >= 0.3 is 0 Å². The van der Waals surface area contributed by atoms with E-state index in [2.05, 4.69) is 5.32 Å². The van der Waals surface area contributed by atoms with E-state index in [9.17, 15) is 9.59 Å². The van der Waals surface area contributed by atoms with Crippen LogP contribution in [0.2, 0.25) is 0 Å². The zero-order valence-corrected chi connectivity index (χ0v) is 10.6. The molecule has 0 spiro atoms. The van der Waals surface area contributed by atoms with Crippen LogP contribution in [0.15, 0.2) is 30.3 Å². The summed E-state index contributed by atoms with van der Waals surface area (Å²) >= 11 is 0. The monoisotopic (exact) mass is 246 g/mol. The zero-order valence-electron chi connectivity index (χ0n) is 10.6. The van der Waals surface area contributed by atoms with E-state index in [-0.39, 0.29) is 11.8 Å². The average molecular weight is 246 g/mol. The molecule has 2 rings (SSSR count). The summed E-state index contributed by atoms with van der Waals surface area (Å²) in [4.78, 5) is 25.5. The van der Waals surface area contributed by atoms with Gasteiger partial charge in [-0.05, 0) is 18.4 Å². The molecule has 1 aliphatic rings. The van der Waals surface area contributed by atoms with Crippen molar-refractivity contribution in [3.63, 3.8) is 0 Å². The summed E-state index contributed by atoms with van der Waals surface area (Å²) in [7, 11) is 0. The molecule has 1 saturated heterocycles. The smallest absolute Gasteiger partial charge is 0.249 e. The highest BCUT2D eigenvalue weighted by Crippen LogP contribution is 2.19. The van der Waals surface area contributed by atoms with Crippen LogP contribution >= 0.6 is 0 Å². The fraction of sp³-hybridized carbons (Fsp3) is 0.429. The summed E-state index contributed by atoms with van der Waals surface area (Å²) in [6.07, 6.45) is 2.10. The van der Waals surface area contributed by atoms with Gasteiger partial charge in [0.2, 0.25) is 11.8 Å². The molecule has 1 aromatic carbocycles. The van der Waals surface area contributed by atoms with Gasteiger partial charge < -0.3 is 10.2 Å². The Hall–Kier alpha value is -1.84. The standard InChI is InChI=1S/C14H18N2O2/c1-11(17)15-13(12-7-3-2-4-8-12)14(18)16-9-5-6-10-16/h2-4,7-8,13H,5-6,9-10H2,1H3,(H,15,17). The molecule has 0 radical (unpaired) electrons. The van der Waals surface area contributed by atoms with E-state index in [1.807, 2.05) is 35.2 Å². The fourth-order valence-electron chi connectivity index (χ4n) is 2.26. The Morgan fingerprint density at radius 2 is 1.78 bits per heavy atom. The lowest BCUT2D eigenvalue weighted by Gasteiger charge is -2.23. The van der Waals surface area contributed by atoms with Crippen LogP contribution in [0.3, 0.4) is 0 Å². The van der Waals surface area contributed by atoms with Crippen molar-refractivity contribution in [3.05, 3.63) is 35.9 Å². The Kier molecular flexibility index (Phi) is 3.97. The molecular formula is C14H18N2O2. The van der Waals surface area contributed by atoms with Crippen LogP contribution < -0.4 is 5.32 Å². The quantitative estimate of drug-likeness (QED) is 0.878. The van der Waals surface area contributed by atoms with E-state index in [1.54, 1.807) is 0 Å². The van der Waals surface area contributed by atoms with Gasteiger partial charge in [-0.25, -0.2) is 0 Å². The summed E-state index contributed by atoms with van der Waals surface area (Å²) in [6, 6.07) is 8.84. The van der Waals surface area contributed by atoms with Crippen molar-refractivity contribution in [1.82, 2.24) is 10.2 Å². The first-order valence-electron chi connectivity index (χ1n) is 6.29. The second-order valence-corrected chi connectivity index (χ2v) is 4.58. The van der Waals surface area contributed by atoms with E-state index in [0.717, 1.165) is 31.5 Å². The number of nitrogens with one attached hydrogen (secondary N) is 1. The van der Waals surface area contributed by atoms with Crippen LogP contribution in [0.5, 0.6) is 0 Å². The predicted octanol–water partition coefficient (Wildman–Crippen LogP) is 1.49. The Balaban J connectivity index is 2.19.